The van der Waals surface area contributed by atoms with E-state index in [2.05, 4.69) is 24.1 Å². The number of benzene rings is 1. The van der Waals surface area contributed by atoms with Gasteiger partial charge in [-0.05, 0) is 31.0 Å². The van der Waals surface area contributed by atoms with Crippen LogP contribution < -0.4 is 10.2 Å². The second-order valence-corrected chi connectivity index (χ2v) is 5.57. The number of nitrogens with one attached hydrogen (secondary N) is 1. The first-order valence-electron chi connectivity index (χ1n) is 7.15. The first-order chi connectivity index (χ1) is 9.61. The summed E-state index contributed by atoms with van der Waals surface area (Å²) < 4.78 is 0. The first kappa shape index (κ1) is 15.0. The molecule has 1 aliphatic heterocycles. The van der Waals surface area contributed by atoms with E-state index in [0.29, 0.717) is 0 Å². The van der Waals surface area contributed by atoms with Crippen LogP contribution in [0.5, 0.6) is 0 Å². The van der Waals surface area contributed by atoms with Crippen molar-refractivity contribution in [3.63, 3.8) is 0 Å². The molecule has 0 atom stereocenters. The summed E-state index contributed by atoms with van der Waals surface area (Å²) in [5.74, 6) is 0. The summed E-state index contributed by atoms with van der Waals surface area (Å²) in [6.07, 6.45) is 0.966. The third-order valence-electron chi connectivity index (χ3n) is 3.60. The molecule has 1 N–H and O–H groups in total. The number of piperazine rings is 1. The Kier molecular flexibility index (Phi) is 5.12. The molecule has 2 rings (SSSR count). The van der Waals surface area contributed by atoms with Crippen molar-refractivity contribution in [2.45, 2.75) is 20.3 Å². The quantitative estimate of drug-likeness (QED) is 0.931. The lowest BCUT2D eigenvalue weighted by atomic mass is 10.1. The number of rotatable bonds is 3. The number of nitrogens with zero attached hydrogens (tertiary/aromatic N) is 2. The van der Waals surface area contributed by atoms with Gasteiger partial charge in [-0.1, -0.05) is 24.6 Å². The van der Waals surface area contributed by atoms with Crippen molar-refractivity contribution in [2.24, 2.45) is 0 Å². The fraction of sp³-hybridized carbons (Fsp3) is 0.533. The average Bonchev–Trinajstić information content (AvgIpc) is 2.47. The van der Waals surface area contributed by atoms with Crippen LogP contribution in [0.4, 0.5) is 10.5 Å². The van der Waals surface area contributed by atoms with Gasteiger partial charge < -0.3 is 15.1 Å². The molecule has 1 aromatic carbocycles. The fourth-order valence-corrected chi connectivity index (χ4v) is 2.58. The van der Waals surface area contributed by atoms with Crippen molar-refractivity contribution < 1.29 is 4.79 Å². The fourth-order valence-electron chi connectivity index (χ4n) is 2.42. The predicted octanol–water partition coefficient (Wildman–Crippen LogP) is 2.89. The largest absolute Gasteiger partial charge is 0.368 e. The van der Waals surface area contributed by atoms with E-state index in [1.165, 1.54) is 11.3 Å². The Hall–Kier alpha value is -1.42. The van der Waals surface area contributed by atoms with Crippen LogP contribution >= 0.6 is 11.6 Å². The van der Waals surface area contributed by atoms with Gasteiger partial charge in [0.15, 0.2) is 0 Å². The van der Waals surface area contributed by atoms with E-state index in [0.717, 1.165) is 44.2 Å². The second-order valence-electron chi connectivity index (χ2n) is 5.14. The number of carbonyl (C=O) groups is 1. The molecule has 0 saturated carbocycles. The third kappa shape index (κ3) is 3.57. The monoisotopic (exact) mass is 295 g/mol. The summed E-state index contributed by atoms with van der Waals surface area (Å²) in [5.41, 5.74) is 2.39. The lowest BCUT2D eigenvalue weighted by Gasteiger charge is -2.36. The van der Waals surface area contributed by atoms with Gasteiger partial charge in [0.05, 0.1) is 0 Å². The molecule has 20 heavy (non-hydrogen) atoms. The first-order valence-corrected chi connectivity index (χ1v) is 7.53. The van der Waals surface area contributed by atoms with E-state index in [4.69, 9.17) is 11.6 Å². The summed E-state index contributed by atoms with van der Waals surface area (Å²) in [6.45, 7) is 8.09. The summed E-state index contributed by atoms with van der Waals surface area (Å²) in [5, 5.41) is 3.68. The highest BCUT2D eigenvalue weighted by atomic mass is 35.5. The highest BCUT2D eigenvalue weighted by molar-refractivity contribution is 6.30. The molecule has 1 aromatic rings. The Labute approximate surface area is 125 Å². The Morgan fingerprint density at radius 3 is 2.65 bits per heavy atom. The van der Waals surface area contributed by atoms with Crippen molar-refractivity contribution in [2.75, 3.05) is 37.6 Å². The smallest absolute Gasteiger partial charge is 0.317 e. The summed E-state index contributed by atoms with van der Waals surface area (Å²) in [4.78, 5) is 16.1. The Bertz CT molecular complexity index is 470. The maximum Gasteiger partial charge on any atom is 0.317 e. The van der Waals surface area contributed by atoms with E-state index >= 15 is 0 Å². The minimum absolute atomic E-state index is 0.0503. The standard InChI is InChI=1S/C15H22ClN3O/c1-3-6-17-15(20)19-9-7-18(8-10-19)14-11-13(16)5-4-12(14)2/h4-5,11H,3,6-10H2,1-2H3,(H,17,20). The van der Waals surface area contributed by atoms with Gasteiger partial charge in [-0.3, -0.25) is 0 Å². The van der Waals surface area contributed by atoms with Gasteiger partial charge in [-0.25, -0.2) is 4.79 Å². The number of halogens is 1. The zero-order valence-electron chi connectivity index (χ0n) is 12.2. The van der Waals surface area contributed by atoms with E-state index in [9.17, 15) is 4.79 Å². The highest BCUT2D eigenvalue weighted by Gasteiger charge is 2.21. The number of amides is 2. The third-order valence-corrected chi connectivity index (χ3v) is 3.84. The van der Waals surface area contributed by atoms with E-state index in [-0.39, 0.29) is 6.03 Å². The van der Waals surface area contributed by atoms with Crippen molar-refractivity contribution in [1.82, 2.24) is 10.2 Å². The van der Waals surface area contributed by atoms with E-state index in [1.807, 2.05) is 23.1 Å². The van der Waals surface area contributed by atoms with Gasteiger partial charge in [0.2, 0.25) is 0 Å². The van der Waals surface area contributed by atoms with Gasteiger partial charge in [0.1, 0.15) is 0 Å². The summed E-state index contributed by atoms with van der Waals surface area (Å²) in [6, 6.07) is 6.01. The van der Waals surface area contributed by atoms with Crippen molar-refractivity contribution >= 4 is 23.3 Å². The molecule has 1 aliphatic rings. The lowest BCUT2D eigenvalue weighted by Crippen LogP contribution is -2.52. The molecule has 0 spiro atoms. The number of urea groups is 1. The summed E-state index contributed by atoms with van der Waals surface area (Å²) in [7, 11) is 0. The molecular formula is C15H22ClN3O. The molecule has 2 amide bonds. The lowest BCUT2D eigenvalue weighted by molar-refractivity contribution is 0.194. The topological polar surface area (TPSA) is 35.6 Å². The molecule has 4 nitrogen and oxygen atoms in total. The highest BCUT2D eigenvalue weighted by Crippen LogP contribution is 2.25. The molecule has 110 valence electrons. The number of hydrogen-bond acceptors (Lipinski definition) is 2. The predicted molar refractivity (Wildman–Crippen MR) is 83.7 cm³/mol. The molecule has 5 heteroatoms. The van der Waals surface area contributed by atoms with Crippen molar-refractivity contribution in [3.8, 4) is 0 Å². The molecule has 0 unspecified atom stereocenters. The van der Waals surface area contributed by atoms with Gasteiger partial charge in [0.25, 0.3) is 0 Å². The molecule has 1 fully saturated rings. The molecule has 0 aromatic heterocycles. The van der Waals surface area contributed by atoms with Crippen LogP contribution in [0, 0.1) is 6.92 Å². The molecule has 0 bridgehead atoms. The number of hydrogen-bond donors (Lipinski definition) is 1. The van der Waals surface area contributed by atoms with E-state index in [1.54, 1.807) is 0 Å². The van der Waals surface area contributed by atoms with Crippen LogP contribution in [0.25, 0.3) is 0 Å². The van der Waals surface area contributed by atoms with Gasteiger partial charge in [-0.2, -0.15) is 0 Å². The Balaban J connectivity index is 1.94. The number of anilines is 1. The van der Waals surface area contributed by atoms with E-state index < -0.39 is 0 Å². The van der Waals surface area contributed by atoms with Gasteiger partial charge in [0, 0.05) is 43.4 Å². The molecule has 0 aliphatic carbocycles. The SMILES string of the molecule is CCCNC(=O)N1CCN(c2cc(Cl)ccc2C)CC1. The molecule has 1 saturated heterocycles. The van der Waals surface area contributed by atoms with Gasteiger partial charge >= 0.3 is 6.03 Å². The van der Waals surface area contributed by atoms with Crippen LogP contribution in [-0.2, 0) is 0 Å². The number of carbonyl (C=O) groups excluding carboxylic acids is 1. The zero-order valence-corrected chi connectivity index (χ0v) is 12.9. The van der Waals surface area contributed by atoms with Crippen LogP contribution in [-0.4, -0.2) is 43.7 Å². The number of aryl methyl sites for hydroxylation is 1. The Morgan fingerprint density at radius 2 is 2.00 bits per heavy atom. The minimum atomic E-state index is 0.0503. The van der Waals surface area contributed by atoms with Crippen LogP contribution in [0.1, 0.15) is 18.9 Å². The maximum atomic E-state index is 11.9. The molecular weight excluding hydrogens is 274 g/mol. The van der Waals surface area contributed by atoms with Crippen LogP contribution in [0.3, 0.4) is 0 Å². The maximum absolute atomic E-state index is 11.9. The van der Waals surface area contributed by atoms with Crippen LogP contribution in [0.15, 0.2) is 18.2 Å². The minimum Gasteiger partial charge on any atom is -0.368 e. The van der Waals surface area contributed by atoms with Crippen molar-refractivity contribution in [3.05, 3.63) is 28.8 Å². The second kappa shape index (κ2) is 6.84. The summed E-state index contributed by atoms with van der Waals surface area (Å²) >= 11 is 6.07. The normalized spacial score (nSPS) is 15.3. The molecule has 0 radical (unpaired) electrons. The van der Waals surface area contributed by atoms with Crippen molar-refractivity contribution in [1.29, 1.82) is 0 Å². The average molecular weight is 296 g/mol. The Morgan fingerprint density at radius 1 is 1.30 bits per heavy atom. The van der Waals surface area contributed by atoms with Gasteiger partial charge in [-0.15, -0.1) is 0 Å². The zero-order chi connectivity index (χ0) is 14.5. The van der Waals surface area contributed by atoms with Crippen LogP contribution in [0.2, 0.25) is 5.02 Å². The molecule has 1 heterocycles.